The van der Waals surface area contributed by atoms with E-state index in [1.807, 2.05) is 17.5 Å². The van der Waals surface area contributed by atoms with Crippen LogP contribution in [0.15, 0.2) is 36.0 Å². The largest absolute Gasteiger partial charge is 0.496 e. The van der Waals surface area contributed by atoms with Gasteiger partial charge in [-0.2, -0.15) is 9.61 Å². The number of tetrazole rings is 1. The number of rotatable bonds is 3. The monoisotopic (exact) mass is 364 g/mol. The maximum absolute atomic E-state index is 6.45. The van der Waals surface area contributed by atoms with E-state index in [-0.39, 0.29) is 0 Å². The van der Waals surface area contributed by atoms with Gasteiger partial charge in [0.05, 0.1) is 18.9 Å². The Morgan fingerprint density at radius 3 is 2.92 bits per heavy atom. The van der Waals surface area contributed by atoms with E-state index in [4.69, 9.17) is 10.5 Å². The average Bonchev–Trinajstić information content (AvgIpc) is 3.40. The third-order valence-electron chi connectivity index (χ3n) is 4.25. The fourth-order valence-electron chi connectivity index (χ4n) is 3.05. The number of thiophene rings is 1. The number of benzene rings is 1. The molecule has 0 spiro atoms. The lowest BCUT2D eigenvalue weighted by Crippen LogP contribution is -2.03. The molecule has 3 N–H and O–H groups in total. The first-order valence-electron chi connectivity index (χ1n) is 7.69. The van der Waals surface area contributed by atoms with E-state index < -0.39 is 0 Å². The number of nitrogen functional groups attached to an aromatic ring is 1. The number of hydrogen-bond donors (Lipinski definition) is 2. The Labute approximate surface area is 150 Å². The predicted octanol–water partition coefficient (Wildman–Crippen LogP) is 2.38. The first-order valence-corrected chi connectivity index (χ1v) is 8.57. The molecule has 5 rings (SSSR count). The fourth-order valence-corrected chi connectivity index (χ4v) is 3.85. The zero-order valence-corrected chi connectivity index (χ0v) is 14.4. The summed E-state index contributed by atoms with van der Waals surface area (Å²) in [5.74, 6) is 1.68. The minimum atomic E-state index is 0.464. The van der Waals surface area contributed by atoms with Crippen LogP contribution in [0, 0.1) is 0 Å². The van der Waals surface area contributed by atoms with Crippen molar-refractivity contribution in [3.8, 4) is 28.3 Å². The molecule has 0 radical (unpaired) electrons. The van der Waals surface area contributed by atoms with Gasteiger partial charge in [-0.15, -0.1) is 16.4 Å². The summed E-state index contributed by atoms with van der Waals surface area (Å²) < 4.78 is 8.30. The zero-order valence-electron chi connectivity index (χ0n) is 13.5. The summed E-state index contributed by atoms with van der Waals surface area (Å²) in [5.41, 5.74) is 9.35. The Kier molecular flexibility index (Phi) is 3.12. The second-order valence-corrected chi connectivity index (χ2v) is 6.52. The summed E-state index contributed by atoms with van der Waals surface area (Å²) in [4.78, 5) is 4.55. The van der Waals surface area contributed by atoms with Gasteiger partial charge in [-0.1, -0.05) is 0 Å². The Balaban J connectivity index is 1.79. The van der Waals surface area contributed by atoms with Crippen molar-refractivity contribution in [3.63, 3.8) is 0 Å². The van der Waals surface area contributed by atoms with Crippen LogP contribution in [0.25, 0.3) is 38.2 Å². The summed E-state index contributed by atoms with van der Waals surface area (Å²) in [6.07, 6.45) is 3.36. The molecule has 0 saturated heterocycles. The van der Waals surface area contributed by atoms with Gasteiger partial charge in [0, 0.05) is 27.4 Å². The van der Waals surface area contributed by atoms with E-state index in [2.05, 4.69) is 36.8 Å². The third-order valence-corrected chi connectivity index (χ3v) is 5.13. The molecule has 0 amide bonds. The highest BCUT2D eigenvalue weighted by atomic mass is 32.1. The van der Waals surface area contributed by atoms with Gasteiger partial charge in [-0.25, -0.2) is 10.1 Å². The molecule has 0 aliphatic rings. The summed E-state index contributed by atoms with van der Waals surface area (Å²) >= 11 is 1.66. The number of aromatic amines is 1. The van der Waals surface area contributed by atoms with E-state index in [1.165, 1.54) is 0 Å². The van der Waals surface area contributed by atoms with E-state index in [1.54, 1.807) is 35.4 Å². The van der Waals surface area contributed by atoms with Gasteiger partial charge in [0.15, 0.2) is 11.5 Å². The molecule has 9 nitrogen and oxygen atoms in total. The van der Waals surface area contributed by atoms with Crippen molar-refractivity contribution in [3.05, 3.63) is 36.0 Å². The molecule has 0 unspecified atom stereocenters. The van der Waals surface area contributed by atoms with Crippen molar-refractivity contribution in [2.75, 3.05) is 12.8 Å². The summed E-state index contributed by atoms with van der Waals surface area (Å²) in [5, 5.41) is 21.3. The number of aromatic nitrogens is 7. The molecule has 10 heteroatoms. The number of nitrogens with zero attached hydrogens (tertiary/aromatic N) is 6. The Bertz CT molecular complexity index is 1240. The van der Waals surface area contributed by atoms with E-state index in [0.717, 1.165) is 27.0 Å². The molecule has 0 bridgehead atoms. The van der Waals surface area contributed by atoms with Crippen molar-refractivity contribution in [1.29, 1.82) is 0 Å². The average molecular weight is 364 g/mol. The van der Waals surface area contributed by atoms with Crippen LogP contribution in [-0.2, 0) is 0 Å². The van der Waals surface area contributed by atoms with Crippen molar-refractivity contribution < 1.29 is 4.74 Å². The minimum absolute atomic E-state index is 0.464. The highest BCUT2D eigenvalue weighted by Gasteiger charge is 2.19. The van der Waals surface area contributed by atoms with Crippen LogP contribution in [-0.4, -0.2) is 42.3 Å². The van der Waals surface area contributed by atoms with Crippen molar-refractivity contribution >= 4 is 32.9 Å². The number of methoxy groups -OCH3 is 1. The molecule has 26 heavy (non-hydrogen) atoms. The van der Waals surface area contributed by atoms with Crippen LogP contribution in [0.1, 0.15) is 0 Å². The number of nitrogens with two attached hydrogens (primary N) is 1. The van der Waals surface area contributed by atoms with Gasteiger partial charge in [-0.05, 0) is 34.0 Å². The highest BCUT2D eigenvalue weighted by Crippen LogP contribution is 2.41. The van der Waals surface area contributed by atoms with E-state index in [0.29, 0.717) is 22.9 Å². The Morgan fingerprint density at radius 2 is 2.12 bits per heavy atom. The van der Waals surface area contributed by atoms with E-state index in [9.17, 15) is 0 Å². The molecule has 0 atom stereocenters. The first-order chi connectivity index (χ1) is 12.8. The van der Waals surface area contributed by atoms with Crippen molar-refractivity contribution in [2.45, 2.75) is 0 Å². The zero-order chi connectivity index (χ0) is 17.7. The number of hydrogen-bond acceptors (Lipinski definition) is 8. The topological polar surface area (TPSA) is 120 Å². The molecule has 0 aliphatic heterocycles. The van der Waals surface area contributed by atoms with Gasteiger partial charge >= 0.3 is 0 Å². The van der Waals surface area contributed by atoms with Crippen LogP contribution in [0.5, 0.6) is 5.75 Å². The molecular weight excluding hydrogens is 352 g/mol. The molecule has 0 saturated carbocycles. The van der Waals surface area contributed by atoms with Gasteiger partial charge in [-0.3, -0.25) is 0 Å². The number of nitrogens with one attached hydrogen (secondary N) is 1. The van der Waals surface area contributed by atoms with Crippen molar-refractivity contribution in [2.24, 2.45) is 0 Å². The molecular formula is C16H12N8OS. The standard InChI is InChI=1S/C16H12N8OS/c1-25-11-2-3-12-8(4-5-26-12)13(11)9-6-18-16-10(15-20-22-23-21-15)7-19-24(16)14(9)17/h2-7H,17H2,1H3,(H,20,21,22,23). The van der Waals surface area contributed by atoms with Gasteiger partial charge in [0.25, 0.3) is 0 Å². The second-order valence-electron chi connectivity index (χ2n) is 5.58. The Morgan fingerprint density at radius 1 is 1.19 bits per heavy atom. The lowest BCUT2D eigenvalue weighted by atomic mass is 10.0. The molecule has 1 aromatic carbocycles. The maximum Gasteiger partial charge on any atom is 0.184 e. The number of H-pyrrole nitrogens is 1. The smallest absolute Gasteiger partial charge is 0.184 e. The van der Waals surface area contributed by atoms with Gasteiger partial charge in [0.2, 0.25) is 0 Å². The molecule has 128 valence electrons. The number of ether oxygens (including phenoxy) is 1. The number of fused-ring (bicyclic) bond motifs is 2. The van der Waals surface area contributed by atoms with Crippen LogP contribution >= 0.6 is 11.3 Å². The minimum Gasteiger partial charge on any atom is -0.496 e. The van der Waals surface area contributed by atoms with Gasteiger partial charge < -0.3 is 10.5 Å². The molecule has 4 aromatic heterocycles. The Hall–Kier alpha value is -3.53. The van der Waals surface area contributed by atoms with E-state index >= 15 is 0 Å². The highest BCUT2D eigenvalue weighted by molar-refractivity contribution is 7.17. The molecule has 5 aromatic rings. The fraction of sp³-hybridized carbons (Fsp3) is 0.0625. The lowest BCUT2D eigenvalue weighted by molar-refractivity contribution is 0.417. The summed E-state index contributed by atoms with van der Waals surface area (Å²) in [6.45, 7) is 0. The lowest BCUT2D eigenvalue weighted by Gasteiger charge is -2.13. The quantitative estimate of drug-likeness (QED) is 0.504. The van der Waals surface area contributed by atoms with Gasteiger partial charge in [0.1, 0.15) is 11.6 Å². The molecule has 0 fully saturated rings. The maximum atomic E-state index is 6.45. The van der Waals surface area contributed by atoms with Crippen LogP contribution in [0.3, 0.4) is 0 Å². The van der Waals surface area contributed by atoms with Crippen LogP contribution < -0.4 is 10.5 Å². The summed E-state index contributed by atoms with van der Waals surface area (Å²) in [7, 11) is 1.64. The first kappa shape index (κ1) is 14.8. The van der Waals surface area contributed by atoms with Crippen LogP contribution in [0.4, 0.5) is 5.82 Å². The SMILES string of the molecule is COc1ccc2sccc2c1-c1cnc2c(-c3nnn[nH]3)cnn2c1N. The molecule has 0 aliphatic carbocycles. The summed E-state index contributed by atoms with van der Waals surface area (Å²) in [6, 6.07) is 6.02. The normalized spacial score (nSPS) is 11.4. The number of anilines is 1. The van der Waals surface area contributed by atoms with Crippen LogP contribution in [0.2, 0.25) is 0 Å². The van der Waals surface area contributed by atoms with Crippen molar-refractivity contribution in [1.82, 2.24) is 35.2 Å². The second kappa shape index (κ2) is 5.49. The molecule has 4 heterocycles. The predicted molar refractivity (Wildman–Crippen MR) is 97.9 cm³/mol. The third kappa shape index (κ3) is 1.99.